The Kier molecular flexibility index (Phi) is 6.18. The lowest BCUT2D eigenvalue weighted by Crippen LogP contribution is -2.48. The van der Waals surface area contributed by atoms with E-state index in [1.807, 2.05) is 41.3 Å². The van der Waals surface area contributed by atoms with Crippen LogP contribution in [0.2, 0.25) is 0 Å². The molecule has 0 aliphatic carbocycles. The summed E-state index contributed by atoms with van der Waals surface area (Å²) in [6.45, 7) is 3.58. The second kappa shape index (κ2) is 9.41. The minimum absolute atomic E-state index is 0.0458. The highest BCUT2D eigenvalue weighted by molar-refractivity contribution is 5.97. The fourth-order valence-electron chi connectivity index (χ4n) is 5.10. The minimum Gasteiger partial charge on any atom is -0.496 e. The number of aryl methyl sites for hydroxylation is 1. The van der Waals surface area contributed by atoms with Crippen LogP contribution in [0.4, 0.5) is 15.9 Å². The summed E-state index contributed by atoms with van der Waals surface area (Å²) in [5, 5.41) is 8.88. The summed E-state index contributed by atoms with van der Waals surface area (Å²) >= 11 is 0. The molecule has 3 aromatic rings. The molecule has 1 amide bonds. The van der Waals surface area contributed by atoms with Gasteiger partial charge in [0.1, 0.15) is 11.6 Å². The van der Waals surface area contributed by atoms with Crippen LogP contribution in [0.5, 0.6) is 5.75 Å². The molecule has 1 unspecified atom stereocenters. The number of methoxy groups -OCH3 is 1. The molecule has 2 aliphatic heterocycles. The van der Waals surface area contributed by atoms with Crippen molar-refractivity contribution in [1.82, 2.24) is 10.2 Å². The average molecular weight is 461 g/mol. The van der Waals surface area contributed by atoms with E-state index in [4.69, 9.17) is 4.74 Å². The maximum atomic E-state index is 13.7. The first kappa shape index (κ1) is 22.3. The maximum Gasteiger partial charge on any atom is 0.230 e. The Hall–Kier alpha value is -3.48. The molecule has 7 heteroatoms. The standard InChI is InChI=1S/C27H29FN4O2/c1-18-7-8-20-17-21(28)9-11-24(20)32(18)27(33)19-13-15-31(16-14-19)26-12-10-23(29-30-26)22-5-3-4-6-25(22)34-2/h3-6,9-12,17-19H,7-8,13-16H2,1-2H3. The SMILES string of the molecule is COc1ccccc1-c1ccc(N2CCC(C(=O)N3c4ccc(F)cc4CCC3C)CC2)nn1. The van der Waals surface area contributed by atoms with Crippen LogP contribution in [0.25, 0.3) is 11.3 Å². The number of amides is 1. The summed E-state index contributed by atoms with van der Waals surface area (Å²) in [4.78, 5) is 17.6. The molecule has 2 aliphatic rings. The van der Waals surface area contributed by atoms with Crippen molar-refractivity contribution in [3.63, 3.8) is 0 Å². The fraction of sp³-hybridized carbons (Fsp3) is 0.370. The van der Waals surface area contributed by atoms with E-state index in [9.17, 15) is 9.18 Å². The molecular formula is C27H29FN4O2. The van der Waals surface area contributed by atoms with E-state index in [0.717, 1.165) is 72.8 Å². The van der Waals surface area contributed by atoms with E-state index in [-0.39, 0.29) is 23.7 Å². The Morgan fingerprint density at radius 3 is 2.56 bits per heavy atom. The fourth-order valence-corrected chi connectivity index (χ4v) is 5.10. The van der Waals surface area contributed by atoms with E-state index in [0.29, 0.717) is 0 Å². The number of halogens is 1. The number of nitrogens with zero attached hydrogens (tertiary/aromatic N) is 4. The molecule has 5 rings (SSSR count). The number of benzene rings is 2. The van der Waals surface area contributed by atoms with Gasteiger partial charge in [-0.25, -0.2) is 4.39 Å². The maximum absolute atomic E-state index is 13.7. The third-order valence-electron chi connectivity index (χ3n) is 7.01. The third-order valence-corrected chi connectivity index (χ3v) is 7.01. The molecule has 0 bridgehead atoms. The first-order chi connectivity index (χ1) is 16.5. The molecule has 1 aromatic heterocycles. The molecule has 0 spiro atoms. The second-order valence-corrected chi connectivity index (χ2v) is 9.11. The van der Waals surface area contributed by atoms with Gasteiger partial charge in [0.05, 0.1) is 12.8 Å². The van der Waals surface area contributed by atoms with E-state index in [1.54, 1.807) is 19.2 Å². The van der Waals surface area contributed by atoms with Crippen molar-refractivity contribution in [3.8, 4) is 17.0 Å². The van der Waals surface area contributed by atoms with Gasteiger partial charge in [0.2, 0.25) is 5.91 Å². The highest BCUT2D eigenvalue weighted by Gasteiger charge is 2.35. The zero-order valence-corrected chi connectivity index (χ0v) is 19.6. The van der Waals surface area contributed by atoms with Gasteiger partial charge in [-0.05, 0) is 80.6 Å². The van der Waals surface area contributed by atoms with Crippen molar-refractivity contribution in [1.29, 1.82) is 0 Å². The van der Waals surface area contributed by atoms with E-state index in [1.165, 1.54) is 6.07 Å². The molecule has 34 heavy (non-hydrogen) atoms. The van der Waals surface area contributed by atoms with Crippen molar-refractivity contribution in [2.24, 2.45) is 5.92 Å². The predicted molar refractivity (Wildman–Crippen MR) is 131 cm³/mol. The first-order valence-electron chi connectivity index (χ1n) is 11.9. The number of hydrogen-bond acceptors (Lipinski definition) is 5. The number of rotatable bonds is 4. The van der Waals surface area contributed by atoms with Crippen LogP contribution in [0, 0.1) is 11.7 Å². The van der Waals surface area contributed by atoms with Gasteiger partial charge in [0.25, 0.3) is 0 Å². The van der Waals surface area contributed by atoms with Crippen LogP contribution >= 0.6 is 0 Å². The quantitative estimate of drug-likeness (QED) is 0.556. The number of aromatic nitrogens is 2. The molecule has 1 fully saturated rings. The van der Waals surface area contributed by atoms with Crippen LogP contribution in [-0.2, 0) is 11.2 Å². The number of fused-ring (bicyclic) bond motifs is 1. The van der Waals surface area contributed by atoms with Gasteiger partial charge in [-0.1, -0.05) is 12.1 Å². The highest BCUT2D eigenvalue weighted by atomic mass is 19.1. The number of carbonyl (C=O) groups is 1. The van der Waals surface area contributed by atoms with Crippen molar-refractivity contribution in [3.05, 3.63) is 66.0 Å². The lowest BCUT2D eigenvalue weighted by atomic mass is 9.90. The van der Waals surface area contributed by atoms with Crippen molar-refractivity contribution < 1.29 is 13.9 Å². The monoisotopic (exact) mass is 460 g/mol. The minimum atomic E-state index is -0.244. The summed E-state index contributed by atoms with van der Waals surface area (Å²) in [7, 11) is 1.65. The molecule has 0 radical (unpaired) electrons. The molecule has 1 saturated heterocycles. The highest BCUT2D eigenvalue weighted by Crippen LogP contribution is 2.35. The molecule has 2 aromatic carbocycles. The lowest BCUT2D eigenvalue weighted by molar-refractivity contribution is -0.123. The molecule has 0 saturated carbocycles. The van der Waals surface area contributed by atoms with Gasteiger partial charge in [-0.2, -0.15) is 0 Å². The number of carbonyl (C=O) groups excluding carboxylic acids is 1. The van der Waals surface area contributed by atoms with Gasteiger partial charge in [-0.3, -0.25) is 4.79 Å². The van der Waals surface area contributed by atoms with Crippen molar-refractivity contribution in [2.75, 3.05) is 30.0 Å². The molecule has 176 valence electrons. The van der Waals surface area contributed by atoms with Crippen molar-refractivity contribution >= 4 is 17.4 Å². The van der Waals surface area contributed by atoms with Crippen LogP contribution in [0.1, 0.15) is 31.7 Å². The normalized spacial score (nSPS) is 18.5. The Morgan fingerprint density at radius 1 is 1.03 bits per heavy atom. The van der Waals surface area contributed by atoms with E-state index in [2.05, 4.69) is 22.0 Å². The van der Waals surface area contributed by atoms with Crippen LogP contribution in [0.15, 0.2) is 54.6 Å². The summed E-state index contributed by atoms with van der Waals surface area (Å²) in [6, 6.07) is 16.6. The zero-order chi connectivity index (χ0) is 23.7. The van der Waals surface area contributed by atoms with Gasteiger partial charge in [0.15, 0.2) is 5.82 Å². The molecule has 6 nitrogen and oxygen atoms in total. The van der Waals surface area contributed by atoms with Gasteiger partial charge >= 0.3 is 0 Å². The van der Waals surface area contributed by atoms with Crippen molar-refractivity contribution in [2.45, 2.75) is 38.6 Å². The number of ether oxygens (including phenoxy) is 1. The molecule has 1 atom stereocenters. The van der Waals surface area contributed by atoms with Crippen LogP contribution in [-0.4, -0.2) is 42.3 Å². The number of anilines is 2. The van der Waals surface area contributed by atoms with Crippen LogP contribution in [0.3, 0.4) is 0 Å². The summed E-state index contributed by atoms with van der Waals surface area (Å²) in [5.41, 5.74) is 3.46. The first-order valence-corrected chi connectivity index (χ1v) is 11.9. The van der Waals surface area contributed by atoms with Gasteiger partial charge in [-0.15, -0.1) is 10.2 Å². The molecule has 3 heterocycles. The van der Waals surface area contributed by atoms with Gasteiger partial charge in [0, 0.05) is 36.3 Å². The zero-order valence-electron chi connectivity index (χ0n) is 19.6. The Labute approximate surface area is 199 Å². The average Bonchev–Trinajstić information content (AvgIpc) is 2.88. The smallest absolute Gasteiger partial charge is 0.230 e. The Bertz CT molecular complexity index is 1180. The number of piperidine rings is 1. The lowest BCUT2D eigenvalue weighted by Gasteiger charge is -2.39. The number of hydrogen-bond donors (Lipinski definition) is 0. The second-order valence-electron chi connectivity index (χ2n) is 9.11. The summed E-state index contributed by atoms with van der Waals surface area (Å²) < 4.78 is 19.1. The van der Waals surface area contributed by atoms with E-state index >= 15 is 0 Å². The molecule has 0 N–H and O–H groups in total. The molecular weight excluding hydrogens is 431 g/mol. The Morgan fingerprint density at radius 2 is 1.82 bits per heavy atom. The summed E-state index contributed by atoms with van der Waals surface area (Å²) in [5.74, 6) is 1.44. The third kappa shape index (κ3) is 4.22. The van der Waals surface area contributed by atoms with Gasteiger partial charge < -0.3 is 14.5 Å². The van der Waals surface area contributed by atoms with E-state index < -0.39 is 0 Å². The Balaban J connectivity index is 1.26. The predicted octanol–water partition coefficient (Wildman–Crippen LogP) is 4.88. The number of para-hydroxylation sites is 1. The van der Waals surface area contributed by atoms with Crippen LogP contribution < -0.4 is 14.5 Å². The topological polar surface area (TPSA) is 58.6 Å². The summed E-state index contributed by atoms with van der Waals surface area (Å²) in [6.07, 6.45) is 3.18. The largest absolute Gasteiger partial charge is 0.496 e.